The number of rotatable bonds is 7. The largest absolute Gasteiger partial charge is 0.497 e. The van der Waals surface area contributed by atoms with Crippen LogP contribution in [0.5, 0.6) is 5.75 Å². The lowest BCUT2D eigenvalue weighted by molar-refractivity contribution is -0.119. The fraction of sp³-hybridized carbons (Fsp3) is 0.286. The summed E-state index contributed by atoms with van der Waals surface area (Å²) in [7, 11) is 1.56. The molecule has 0 saturated carbocycles. The molecule has 0 aliphatic carbocycles. The summed E-state index contributed by atoms with van der Waals surface area (Å²) in [5.41, 5.74) is 2.52. The fourth-order valence-electron chi connectivity index (χ4n) is 5.12. The summed E-state index contributed by atoms with van der Waals surface area (Å²) >= 11 is 0. The van der Waals surface area contributed by atoms with Gasteiger partial charge < -0.3 is 19.6 Å². The Kier molecular flexibility index (Phi) is 6.52. The molecule has 37 heavy (non-hydrogen) atoms. The number of fused-ring (bicyclic) bond motifs is 1. The fourth-order valence-corrected chi connectivity index (χ4v) is 5.12. The van der Waals surface area contributed by atoms with Crippen LogP contribution >= 0.6 is 0 Å². The second-order valence-corrected chi connectivity index (χ2v) is 9.18. The Morgan fingerprint density at radius 2 is 1.70 bits per heavy atom. The summed E-state index contributed by atoms with van der Waals surface area (Å²) < 4.78 is 6.64. The van der Waals surface area contributed by atoms with Crippen molar-refractivity contribution in [2.24, 2.45) is 0 Å². The van der Waals surface area contributed by atoms with Gasteiger partial charge in [0, 0.05) is 42.4 Å². The number of methoxy groups -OCH3 is 1. The van der Waals surface area contributed by atoms with Gasteiger partial charge in [-0.2, -0.15) is 5.10 Å². The lowest BCUT2D eigenvalue weighted by Gasteiger charge is -2.33. The van der Waals surface area contributed by atoms with E-state index in [0.29, 0.717) is 42.1 Å². The van der Waals surface area contributed by atoms with Crippen LogP contribution in [0, 0.1) is 0 Å². The zero-order valence-corrected chi connectivity index (χ0v) is 20.6. The molecule has 3 aromatic rings. The van der Waals surface area contributed by atoms with Gasteiger partial charge >= 0.3 is 5.97 Å². The topological polar surface area (TPSA) is 105 Å². The molecule has 1 unspecified atom stereocenters. The normalized spacial score (nSPS) is 17.5. The number of benzene rings is 2. The summed E-state index contributed by atoms with van der Waals surface area (Å²) in [5, 5.41) is 14.3. The molecule has 2 amide bonds. The van der Waals surface area contributed by atoms with Crippen LogP contribution in [0.2, 0.25) is 0 Å². The Morgan fingerprint density at radius 3 is 2.30 bits per heavy atom. The number of aromatic carboxylic acids is 1. The van der Waals surface area contributed by atoms with Crippen LogP contribution in [0.1, 0.15) is 58.1 Å². The molecule has 190 valence electrons. The van der Waals surface area contributed by atoms with Crippen molar-refractivity contribution < 1.29 is 24.2 Å². The van der Waals surface area contributed by atoms with Gasteiger partial charge in [0.15, 0.2) is 5.69 Å². The van der Waals surface area contributed by atoms with Crippen LogP contribution in [0.4, 0.5) is 11.4 Å². The number of carbonyl (C=O) groups is 3. The maximum atomic E-state index is 13.9. The first kappa shape index (κ1) is 24.3. The van der Waals surface area contributed by atoms with E-state index in [1.807, 2.05) is 24.3 Å². The number of carboxylic acids is 1. The van der Waals surface area contributed by atoms with E-state index in [9.17, 15) is 19.5 Å². The summed E-state index contributed by atoms with van der Waals surface area (Å²) in [6.45, 7) is 4.82. The predicted octanol–water partition coefficient (Wildman–Crippen LogP) is 4.42. The Bertz CT molecular complexity index is 1360. The third kappa shape index (κ3) is 4.37. The van der Waals surface area contributed by atoms with E-state index in [-0.39, 0.29) is 35.7 Å². The molecular formula is C28H28N4O5. The zero-order chi connectivity index (χ0) is 26.1. The van der Waals surface area contributed by atoms with Gasteiger partial charge in [-0.25, -0.2) is 9.48 Å². The lowest BCUT2D eigenvalue weighted by Crippen LogP contribution is -2.41. The predicted molar refractivity (Wildman–Crippen MR) is 139 cm³/mol. The van der Waals surface area contributed by atoms with Gasteiger partial charge in [-0.05, 0) is 67.8 Å². The van der Waals surface area contributed by atoms with Crippen molar-refractivity contribution in [3.8, 4) is 11.4 Å². The Hall–Kier alpha value is -4.40. The maximum absolute atomic E-state index is 13.9. The van der Waals surface area contributed by atoms with Crippen molar-refractivity contribution >= 4 is 29.2 Å². The first-order valence-electron chi connectivity index (χ1n) is 12.3. The average Bonchev–Trinajstić information content (AvgIpc) is 3.33. The number of carbonyl (C=O) groups excluding carboxylic acids is 2. The summed E-state index contributed by atoms with van der Waals surface area (Å²) in [6.07, 6.45) is 4.61. The van der Waals surface area contributed by atoms with E-state index in [0.717, 1.165) is 18.5 Å². The van der Waals surface area contributed by atoms with Crippen molar-refractivity contribution in [1.82, 2.24) is 9.78 Å². The molecule has 0 spiro atoms. The highest BCUT2D eigenvalue weighted by molar-refractivity contribution is 6.09. The molecule has 1 aromatic heterocycles. The molecule has 1 N–H and O–H groups in total. The number of amides is 2. The van der Waals surface area contributed by atoms with E-state index in [1.54, 1.807) is 47.3 Å². The smallest absolute Gasteiger partial charge is 0.356 e. The Labute approximate surface area is 214 Å². The minimum absolute atomic E-state index is 0.105. The van der Waals surface area contributed by atoms with Crippen molar-refractivity contribution in [2.75, 3.05) is 30.0 Å². The molecule has 5 rings (SSSR count). The Balaban J connectivity index is 1.57. The van der Waals surface area contributed by atoms with Crippen molar-refractivity contribution in [2.45, 2.75) is 31.6 Å². The van der Waals surface area contributed by atoms with Gasteiger partial charge in [-0.1, -0.05) is 6.08 Å². The van der Waals surface area contributed by atoms with Crippen LogP contribution in [0.25, 0.3) is 5.69 Å². The number of aromatic nitrogens is 2. The summed E-state index contributed by atoms with van der Waals surface area (Å²) in [6, 6.07) is 14.3. The molecule has 2 aliphatic heterocycles. The molecule has 0 bridgehead atoms. The molecule has 9 heteroatoms. The third-order valence-electron chi connectivity index (χ3n) is 6.95. The standard InChI is InChI=1S/C28H28N4O5/c1-3-6-18-17-31(20-10-8-19(9-11-20)30-16-5-4-7-23(30)33)27(34)26-24(18)25(28(35)36)29-32(26)21-12-14-22(37-2)15-13-21/h3,8-15,18H,1,4-7,16-17H2,2H3,(H,35,36). The first-order chi connectivity index (χ1) is 17.9. The van der Waals surface area contributed by atoms with Crippen molar-refractivity contribution in [1.29, 1.82) is 0 Å². The van der Waals surface area contributed by atoms with E-state index in [2.05, 4.69) is 11.7 Å². The van der Waals surface area contributed by atoms with Crippen LogP contribution in [-0.4, -0.2) is 52.9 Å². The number of piperidine rings is 1. The number of hydrogen-bond acceptors (Lipinski definition) is 5. The second kappa shape index (κ2) is 9.93. The second-order valence-electron chi connectivity index (χ2n) is 9.18. The molecule has 1 saturated heterocycles. The number of carboxylic acid groups (broad SMARTS) is 1. The molecule has 2 aliphatic rings. The van der Waals surface area contributed by atoms with Gasteiger partial charge in [0.2, 0.25) is 5.91 Å². The minimum Gasteiger partial charge on any atom is -0.497 e. The monoisotopic (exact) mass is 500 g/mol. The van der Waals surface area contributed by atoms with Gasteiger partial charge in [-0.15, -0.1) is 6.58 Å². The van der Waals surface area contributed by atoms with Crippen LogP contribution in [0.15, 0.2) is 61.2 Å². The number of ether oxygens (including phenoxy) is 1. The van der Waals surface area contributed by atoms with Crippen molar-refractivity contribution in [3.63, 3.8) is 0 Å². The number of hydrogen-bond donors (Lipinski definition) is 1. The maximum Gasteiger partial charge on any atom is 0.356 e. The van der Waals surface area contributed by atoms with Crippen molar-refractivity contribution in [3.05, 3.63) is 78.1 Å². The number of anilines is 2. The molecular weight excluding hydrogens is 472 g/mol. The van der Waals surface area contributed by atoms with Gasteiger partial charge in [0.25, 0.3) is 5.91 Å². The highest BCUT2D eigenvalue weighted by Crippen LogP contribution is 2.38. The van der Waals surface area contributed by atoms with E-state index < -0.39 is 5.97 Å². The molecule has 2 aromatic carbocycles. The number of nitrogens with zero attached hydrogens (tertiary/aromatic N) is 4. The third-order valence-corrected chi connectivity index (χ3v) is 6.95. The van der Waals surface area contributed by atoms with Crippen LogP contribution in [0.3, 0.4) is 0 Å². The highest BCUT2D eigenvalue weighted by Gasteiger charge is 2.40. The lowest BCUT2D eigenvalue weighted by atomic mass is 9.88. The molecule has 1 fully saturated rings. The number of allylic oxidation sites excluding steroid dienone is 1. The highest BCUT2D eigenvalue weighted by atomic mass is 16.5. The quantitative estimate of drug-likeness (QED) is 0.482. The average molecular weight is 501 g/mol. The van der Waals surface area contributed by atoms with Gasteiger partial charge in [-0.3, -0.25) is 9.59 Å². The SMILES string of the molecule is C=CCC1CN(c2ccc(N3CCCCC3=O)cc2)C(=O)c2c1c(C(=O)O)nn2-c1ccc(OC)cc1. The van der Waals surface area contributed by atoms with Gasteiger partial charge in [0.1, 0.15) is 11.4 Å². The van der Waals surface area contributed by atoms with Gasteiger partial charge in [0.05, 0.1) is 12.8 Å². The summed E-state index contributed by atoms with van der Waals surface area (Å²) in [4.78, 5) is 41.8. The summed E-state index contributed by atoms with van der Waals surface area (Å²) in [5.74, 6) is -1.09. The Morgan fingerprint density at radius 1 is 1.05 bits per heavy atom. The zero-order valence-electron chi connectivity index (χ0n) is 20.6. The van der Waals surface area contributed by atoms with Crippen LogP contribution in [-0.2, 0) is 4.79 Å². The van der Waals surface area contributed by atoms with Crippen LogP contribution < -0.4 is 14.5 Å². The van der Waals surface area contributed by atoms with E-state index >= 15 is 0 Å². The molecule has 1 atom stereocenters. The molecule has 9 nitrogen and oxygen atoms in total. The first-order valence-corrected chi connectivity index (χ1v) is 12.3. The molecule has 3 heterocycles. The van der Waals surface area contributed by atoms with E-state index in [4.69, 9.17) is 4.74 Å². The van der Waals surface area contributed by atoms with E-state index in [1.165, 1.54) is 4.68 Å². The molecule has 0 radical (unpaired) electrons. The minimum atomic E-state index is -1.19.